The number of rotatable bonds is 6. The van der Waals surface area contributed by atoms with Crippen LogP contribution < -0.4 is 0 Å². The fourth-order valence-corrected chi connectivity index (χ4v) is 3.54. The van der Waals surface area contributed by atoms with E-state index in [2.05, 4.69) is 22.2 Å². The van der Waals surface area contributed by atoms with Crippen LogP contribution >= 0.6 is 11.3 Å². The van der Waals surface area contributed by atoms with Gasteiger partial charge in [-0.1, -0.05) is 13.3 Å². The Morgan fingerprint density at radius 1 is 1.50 bits per heavy atom. The van der Waals surface area contributed by atoms with Crippen molar-refractivity contribution in [2.45, 2.75) is 58.5 Å². The molecule has 2 heterocycles. The van der Waals surface area contributed by atoms with E-state index in [9.17, 15) is 4.79 Å². The first-order valence-corrected chi connectivity index (χ1v) is 8.46. The first-order valence-electron chi connectivity index (χ1n) is 7.58. The van der Waals surface area contributed by atoms with E-state index in [1.165, 1.54) is 5.01 Å². The van der Waals surface area contributed by atoms with Crippen LogP contribution in [0.1, 0.15) is 50.2 Å². The van der Waals surface area contributed by atoms with Crippen molar-refractivity contribution in [3.8, 4) is 0 Å². The van der Waals surface area contributed by atoms with E-state index < -0.39 is 0 Å². The monoisotopic (exact) mass is 296 g/mol. The molecule has 1 unspecified atom stereocenters. The summed E-state index contributed by atoms with van der Waals surface area (Å²) in [5.74, 6) is -0.0730. The maximum Gasteiger partial charge on any atom is 0.323 e. The van der Waals surface area contributed by atoms with E-state index >= 15 is 0 Å². The van der Waals surface area contributed by atoms with Crippen molar-refractivity contribution in [2.75, 3.05) is 13.2 Å². The highest BCUT2D eigenvalue weighted by Crippen LogP contribution is 2.22. The molecule has 4 nitrogen and oxygen atoms in total. The van der Waals surface area contributed by atoms with Crippen LogP contribution in [0.4, 0.5) is 0 Å². The van der Waals surface area contributed by atoms with Crippen LogP contribution in [0.15, 0.2) is 5.38 Å². The van der Waals surface area contributed by atoms with Gasteiger partial charge in [-0.15, -0.1) is 11.3 Å². The van der Waals surface area contributed by atoms with Crippen molar-refractivity contribution in [1.82, 2.24) is 9.88 Å². The third-order valence-corrected chi connectivity index (χ3v) is 4.56. The third-order valence-electron chi connectivity index (χ3n) is 3.60. The number of piperidine rings is 1. The van der Waals surface area contributed by atoms with E-state index in [0.717, 1.165) is 50.9 Å². The second-order valence-corrected chi connectivity index (χ2v) is 6.16. The molecule has 0 radical (unpaired) electrons. The molecule has 1 saturated heterocycles. The molecule has 1 fully saturated rings. The van der Waals surface area contributed by atoms with Crippen molar-refractivity contribution in [3.63, 3.8) is 0 Å². The molecule has 1 atom stereocenters. The second kappa shape index (κ2) is 7.74. The summed E-state index contributed by atoms with van der Waals surface area (Å²) >= 11 is 1.73. The van der Waals surface area contributed by atoms with E-state index in [4.69, 9.17) is 4.74 Å². The first-order chi connectivity index (χ1) is 9.74. The zero-order valence-electron chi connectivity index (χ0n) is 12.4. The van der Waals surface area contributed by atoms with Crippen LogP contribution in [0, 0.1) is 0 Å². The fourth-order valence-electron chi connectivity index (χ4n) is 2.64. The van der Waals surface area contributed by atoms with Gasteiger partial charge >= 0.3 is 5.97 Å². The lowest BCUT2D eigenvalue weighted by Crippen LogP contribution is -2.45. The van der Waals surface area contributed by atoms with E-state index in [0.29, 0.717) is 6.61 Å². The first kappa shape index (κ1) is 15.4. The highest BCUT2D eigenvalue weighted by molar-refractivity contribution is 7.09. The summed E-state index contributed by atoms with van der Waals surface area (Å²) in [6, 6.07) is -0.0833. The summed E-state index contributed by atoms with van der Waals surface area (Å²) in [7, 11) is 0. The van der Waals surface area contributed by atoms with Gasteiger partial charge in [-0.25, -0.2) is 4.98 Å². The van der Waals surface area contributed by atoms with E-state index in [1.54, 1.807) is 11.3 Å². The average molecular weight is 296 g/mol. The number of aryl methyl sites for hydroxylation is 1. The normalized spacial score (nSPS) is 20.0. The number of esters is 1. The molecule has 0 aromatic carbocycles. The predicted octanol–water partition coefficient (Wildman–Crippen LogP) is 3.01. The Balaban J connectivity index is 1.98. The van der Waals surface area contributed by atoms with Gasteiger partial charge < -0.3 is 4.74 Å². The molecule has 1 aromatic rings. The Morgan fingerprint density at radius 2 is 2.35 bits per heavy atom. The molecular formula is C15H24N2O2S. The number of ether oxygens (including phenoxy) is 1. The Morgan fingerprint density at radius 3 is 3.10 bits per heavy atom. The molecule has 20 heavy (non-hydrogen) atoms. The van der Waals surface area contributed by atoms with Crippen molar-refractivity contribution >= 4 is 17.3 Å². The van der Waals surface area contributed by atoms with Gasteiger partial charge in [0.05, 0.1) is 17.3 Å². The van der Waals surface area contributed by atoms with Crippen molar-refractivity contribution in [1.29, 1.82) is 0 Å². The lowest BCUT2D eigenvalue weighted by atomic mass is 10.0. The van der Waals surface area contributed by atoms with E-state index in [-0.39, 0.29) is 12.0 Å². The lowest BCUT2D eigenvalue weighted by molar-refractivity contribution is -0.151. The molecule has 0 amide bonds. The van der Waals surface area contributed by atoms with E-state index in [1.807, 2.05) is 6.92 Å². The summed E-state index contributed by atoms with van der Waals surface area (Å²) in [6.07, 6.45) is 5.35. The summed E-state index contributed by atoms with van der Waals surface area (Å²) in [5.41, 5.74) is 1.09. The SMILES string of the molecule is CCCc1nc(CN2CCCCC2C(=O)OCC)cs1. The summed E-state index contributed by atoms with van der Waals surface area (Å²) in [6.45, 7) is 6.22. The molecule has 0 saturated carbocycles. The van der Waals surface area contributed by atoms with Gasteiger partial charge in [0.1, 0.15) is 6.04 Å². The molecule has 1 aromatic heterocycles. The summed E-state index contributed by atoms with van der Waals surface area (Å²) < 4.78 is 5.19. The lowest BCUT2D eigenvalue weighted by Gasteiger charge is -2.33. The Bertz CT molecular complexity index is 433. The number of thiazole rings is 1. The van der Waals surface area contributed by atoms with Crippen LogP contribution in [-0.4, -0.2) is 35.0 Å². The molecule has 1 aliphatic heterocycles. The molecule has 0 N–H and O–H groups in total. The van der Waals surface area contributed by atoms with Crippen LogP contribution in [0.3, 0.4) is 0 Å². The third kappa shape index (κ3) is 4.03. The molecule has 1 aliphatic rings. The Hall–Kier alpha value is -0.940. The average Bonchev–Trinajstić information content (AvgIpc) is 2.87. The summed E-state index contributed by atoms with van der Waals surface area (Å²) in [4.78, 5) is 18.9. The van der Waals surface area contributed by atoms with Gasteiger partial charge in [0.25, 0.3) is 0 Å². The van der Waals surface area contributed by atoms with Gasteiger partial charge in [0, 0.05) is 11.9 Å². The number of hydrogen-bond donors (Lipinski definition) is 0. The fraction of sp³-hybridized carbons (Fsp3) is 0.733. The highest BCUT2D eigenvalue weighted by Gasteiger charge is 2.30. The Labute approximate surface area is 125 Å². The molecule has 5 heteroatoms. The minimum Gasteiger partial charge on any atom is -0.465 e. The minimum absolute atomic E-state index is 0.0730. The van der Waals surface area contributed by atoms with Gasteiger partial charge in [-0.3, -0.25) is 9.69 Å². The zero-order chi connectivity index (χ0) is 14.4. The number of hydrogen-bond acceptors (Lipinski definition) is 5. The second-order valence-electron chi connectivity index (χ2n) is 5.22. The zero-order valence-corrected chi connectivity index (χ0v) is 13.2. The predicted molar refractivity (Wildman–Crippen MR) is 80.8 cm³/mol. The molecular weight excluding hydrogens is 272 g/mol. The number of likely N-dealkylation sites (tertiary alicyclic amines) is 1. The number of carbonyl (C=O) groups is 1. The topological polar surface area (TPSA) is 42.4 Å². The van der Waals surface area contributed by atoms with Crippen molar-refractivity contribution < 1.29 is 9.53 Å². The molecule has 0 aliphatic carbocycles. The number of nitrogens with zero attached hydrogens (tertiary/aromatic N) is 2. The number of aromatic nitrogens is 1. The maximum atomic E-state index is 12.0. The van der Waals surface area contributed by atoms with Gasteiger partial charge in [0.2, 0.25) is 0 Å². The smallest absolute Gasteiger partial charge is 0.323 e. The van der Waals surface area contributed by atoms with Crippen molar-refractivity contribution in [2.24, 2.45) is 0 Å². The largest absolute Gasteiger partial charge is 0.465 e. The van der Waals surface area contributed by atoms with Gasteiger partial charge in [-0.05, 0) is 39.2 Å². The summed E-state index contributed by atoms with van der Waals surface area (Å²) in [5, 5.41) is 3.33. The molecule has 0 spiro atoms. The Kier molecular flexibility index (Phi) is 5.98. The van der Waals surface area contributed by atoms with Crippen molar-refractivity contribution in [3.05, 3.63) is 16.1 Å². The van der Waals surface area contributed by atoms with Gasteiger partial charge in [0.15, 0.2) is 0 Å². The van der Waals surface area contributed by atoms with Gasteiger partial charge in [-0.2, -0.15) is 0 Å². The molecule has 2 rings (SSSR count). The van der Waals surface area contributed by atoms with Crippen LogP contribution in [0.2, 0.25) is 0 Å². The highest BCUT2D eigenvalue weighted by atomic mass is 32.1. The number of carbonyl (C=O) groups excluding carboxylic acids is 1. The molecule has 112 valence electrons. The molecule has 0 bridgehead atoms. The van der Waals surface area contributed by atoms with Crippen LogP contribution in [0.25, 0.3) is 0 Å². The maximum absolute atomic E-state index is 12.0. The van der Waals surface area contributed by atoms with Crippen LogP contribution in [0.5, 0.6) is 0 Å². The van der Waals surface area contributed by atoms with Crippen LogP contribution in [-0.2, 0) is 22.5 Å². The minimum atomic E-state index is -0.0833. The standard InChI is InChI=1S/C15H24N2O2S/c1-3-7-14-16-12(11-20-14)10-17-9-6-5-8-13(17)15(18)19-4-2/h11,13H,3-10H2,1-2H3. The quantitative estimate of drug-likeness (QED) is 0.757.